The van der Waals surface area contributed by atoms with Crippen molar-refractivity contribution in [2.75, 3.05) is 0 Å². The van der Waals surface area contributed by atoms with Crippen LogP contribution < -0.4 is 5.73 Å². The monoisotopic (exact) mass is 284 g/mol. The van der Waals surface area contributed by atoms with Gasteiger partial charge in [0.15, 0.2) is 0 Å². The van der Waals surface area contributed by atoms with Crippen LogP contribution in [0.1, 0.15) is 18.1 Å². The molecule has 3 aromatic rings. The van der Waals surface area contributed by atoms with Crippen molar-refractivity contribution < 1.29 is 9.18 Å². The summed E-state index contributed by atoms with van der Waals surface area (Å²) in [4.78, 5) is 16.0. The summed E-state index contributed by atoms with van der Waals surface area (Å²) in [7, 11) is 0. The van der Waals surface area contributed by atoms with Gasteiger partial charge in [0.1, 0.15) is 11.2 Å². The van der Waals surface area contributed by atoms with Gasteiger partial charge in [0, 0.05) is 23.3 Å². The van der Waals surface area contributed by atoms with Crippen LogP contribution in [-0.2, 0) is 10.2 Å². The van der Waals surface area contributed by atoms with E-state index >= 15 is 0 Å². The summed E-state index contributed by atoms with van der Waals surface area (Å²) in [5.74, 6) is -1.16. The number of nitrogens with one attached hydrogen (secondary N) is 1. The molecule has 0 saturated carbocycles. The molecule has 0 spiro atoms. The number of primary amides is 1. The number of rotatable bonds is 3. The Labute approximate surface area is 120 Å². The molecular weight excluding hydrogens is 271 g/mol. The molecule has 3 rings (SSSR count). The second-order valence-corrected chi connectivity index (χ2v) is 5.02. The maximum absolute atomic E-state index is 14.5. The van der Waals surface area contributed by atoms with Gasteiger partial charge < -0.3 is 5.73 Å². The lowest BCUT2D eigenvalue weighted by molar-refractivity contribution is -0.121. The van der Waals surface area contributed by atoms with E-state index in [0.29, 0.717) is 16.5 Å². The number of H-pyrrole nitrogens is 1. The smallest absolute Gasteiger partial charge is 0.232 e. The lowest BCUT2D eigenvalue weighted by Gasteiger charge is -2.27. The van der Waals surface area contributed by atoms with Gasteiger partial charge in [0.2, 0.25) is 5.91 Å². The second kappa shape index (κ2) is 4.66. The molecule has 1 amide bonds. The van der Waals surface area contributed by atoms with E-state index in [1.165, 1.54) is 12.3 Å². The molecule has 1 atom stereocenters. The summed E-state index contributed by atoms with van der Waals surface area (Å²) in [6, 6.07) is 6.29. The van der Waals surface area contributed by atoms with Gasteiger partial charge >= 0.3 is 0 Å². The summed E-state index contributed by atoms with van der Waals surface area (Å²) < 4.78 is 14.5. The molecule has 1 unspecified atom stereocenters. The van der Waals surface area contributed by atoms with Gasteiger partial charge in [-0.15, -0.1) is 0 Å². The van der Waals surface area contributed by atoms with Crippen LogP contribution in [0.25, 0.3) is 10.9 Å². The van der Waals surface area contributed by atoms with Crippen molar-refractivity contribution >= 4 is 16.8 Å². The number of nitrogens with two attached hydrogens (primary N) is 1. The zero-order valence-corrected chi connectivity index (χ0v) is 11.3. The van der Waals surface area contributed by atoms with E-state index in [9.17, 15) is 9.18 Å². The van der Waals surface area contributed by atoms with E-state index in [0.717, 1.165) is 0 Å². The molecule has 6 heteroatoms. The minimum atomic E-state index is -1.30. The lowest BCUT2D eigenvalue weighted by Crippen LogP contribution is -2.40. The third kappa shape index (κ3) is 1.96. The third-order valence-corrected chi connectivity index (χ3v) is 3.80. The number of amides is 1. The number of halogens is 1. The van der Waals surface area contributed by atoms with Crippen LogP contribution in [0.3, 0.4) is 0 Å². The van der Waals surface area contributed by atoms with Gasteiger partial charge in [-0.05, 0) is 30.7 Å². The number of fused-ring (bicyclic) bond motifs is 1. The predicted octanol–water partition coefficient (Wildman–Crippen LogP) is 1.89. The number of aromatic nitrogens is 3. The molecule has 0 radical (unpaired) electrons. The van der Waals surface area contributed by atoms with E-state index in [1.807, 2.05) is 0 Å². The van der Waals surface area contributed by atoms with E-state index in [1.54, 1.807) is 37.5 Å². The highest BCUT2D eigenvalue weighted by molar-refractivity contribution is 5.92. The second-order valence-electron chi connectivity index (χ2n) is 5.02. The molecule has 0 saturated heterocycles. The van der Waals surface area contributed by atoms with E-state index < -0.39 is 17.1 Å². The van der Waals surface area contributed by atoms with Crippen molar-refractivity contribution in [1.82, 2.24) is 15.2 Å². The van der Waals surface area contributed by atoms with Gasteiger partial charge in [0.25, 0.3) is 0 Å². The highest BCUT2D eigenvalue weighted by Crippen LogP contribution is 2.34. The summed E-state index contributed by atoms with van der Waals surface area (Å²) >= 11 is 0. The Kier molecular flexibility index (Phi) is 2.94. The fraction of sp³-hybridized carbons (Fsp3) is 0.133. The summed E-state index contributed by atoms with van der Waals surface area (Å²) in [6.07, 6.45) is 4.67. The van der Waals surface area contributed by atoms with Crippen molar-refractivity contribution in [3.05, 3.63) is 59.8 Å². The Morgan fingerprint density at radius 2 is 2.19 bits per heavy atom. The van der Waals surface area contributed by atoms with Crippen LogP contribution in [0.15, 0.2) is 42.9 Å². The Morgan fingerprint density at radius 3 is 2.86 bits per heavy atom. The molecule has 106 valence electrons. The number of aromatic amines is 1. The van der Waals surface area contributed by atoms with E-state index in [-0.39, 0.29) is 5.56 Å². The van der Waals surface area contributed by atoms with Crippen LogP contribution in [-0.4, -0.2) is 21.1 Å². The Morgan fingerprint density at radius 1 is 1.38 bits per heavy atom. The number of carbonyl (C=O) groups excluding carboxylic acids is 1. The fourth-order valence-corrected chi connectivity index (χ4v) is 2.44. The highest BCUT2D eigenvalue weighted by Gasteiger charge is 2.38. The SMILES string of the molecule is CC(C(N)=O)(c1cccnc1)c1cc2cn[nH]c2cc1F. The largest absolute Gasteiger partial charge is 0.369 e. The first-order chi connectivity index (χ1) is 10.0. The zero-order valence-electron chi connectivity index (χ0n) is 11.3. The Bertz CT molecular complexity index is 815. The van der Waals surface area contributed by atoms with Gasteiger partial charge in [-0.2, -0.15) is 5.10 Å². The quantitative estimate of drug-likeness (QED) is 0.770. The Balaban J connectivity index is 2.29. The molecule has 2 heterocycles. The molecule has 0 aliphatic heterocycles. The molecule has 0 fully saturated rings. The zero-order chi connectivity index (χ0) is 15.0. The lowest BCUT2D eigenvalue weighted by atomic mass is 9.75. The number of carbonyl (C=O) groups is 1. The standard InChI is InChI=1S/C15H13FN4O/c1-15(14(17)21,10-3-2-4-18-8-10)11-5-9-7-19-20-13(9)6-12(11)16/h2-8H,1H3,(H2,17,21)(H,19,20). The number of benzene rings is 1. The molecule has 0 aliphatic carbocycles. The normalized spacial score (nSPS) is 14.0. The average molecular weight is 284 g/mol. The van der Waals surface area contributed by atoms with Crippen molar-refractivity contribution in [2.45, 2.75) is 12.3 Å². The van der Waals surface area contributed by atoms with E-state index in [4.69, 9.17) is 5.73 Å². The van der Waals surface area contributed by atoms with Gasteiger partial charge in [-0.1, -0.05) is 6.07 Å². The van der Waals surface area contributed by atoms with E-state index in [2.05, 4.69) is 15.2 Å². The summed E-state index contributed by atoms with van der Waals surface area (Å²) in [5, 5.41) is 7.26. The van der Waals surface area contributed by atoms with Crippen LogP contribution in [0.4, 0.5) is 4.39 Å². The topological polar surface area (TPSA) is 84.7 Å². The first-order valence-electron chi connectivity index (χ1n) is 6.37. The number of pyridine rings is 1. The molecule has 2 aromatic heterocycles. The first-order valence-corrected chi connectivity index (χ1v) is 6.37. The average Bonchev–Trinajstić information content (AvgIpc) is 2.93. The molecule has 0 bridgehead atoms. The van der Waals surface area contributed by atoms with Gasteiger partial charge in [-0.3, -0.25) is 14.9 Å². The number of hydrogen-bond donors (Lipinski definition) is 2. The van der Waals surface area contributed by atoms with Gasteiger partial charge in [-0.25, -0.2) is 4.39 Å². The highest BCUT2D eigenvalue weighted by atomic mass is 19.1. The predicted molar refractivity (Wildman–Crippen MR) is 75.9 cm³/mol. The molecule has 21 heavy (non-hydrogen) atoms. The Hall–Kier alpha value is -2.76. The fourth-order valence-electron chi connectivity index (χ4n) is 2.44. The van der Waals surface area contributed by atoms with Crippen LogP contribution in [0, 0.1) is 5.82 Å². The molecular formula is C15H13FN4O. The minimum absolute atomic E-state index is 0.205. The summed E-state index contributed by atoms with van der Waals surface area (Å²) in [5.41, 5.74) is 5.58. The molecule has 0 aliphatic rings. The molecule has 3 N–H and O–H groups in total. The first kappa shape index (κ1) is 13.2. The summed E-state index contributed by atoms with van der Waals surface area (Å²) in [6.45, 7) is 1.59. The van der Waals surface area contributed by atoms with Crippen LogP contribution >= 0.6 is 0 Å². The van der Waals surface area contributed by atoms with Crippen molar-refractivity contribution in [2.24, 2.45) is 5.73 Å². The maximum Gasteiger partial charge on any atom is 0.232 e. The van der Waals surface area contributed by atoms with Crippen molar-refractivity contribution in [3.8, 4) is 0 Å². The van der Waals surface area contributed by atoms with Gasteiger partial charge in [0.05, 0.1) is 11.7 Å². The third-order valence-electron chi connectivity index (χ3n) is 3.80. The molecule has 5 nitrogen and oxygen atoms in total. The van der Waals surface area contributed by atoms with Crippen molar-refractivity contribution in [3.63, 3.8) is 0 Å². The minimum Gasteiger partial charge on any atom is -0.369 e. The number of hydrogen-bond acceptors (Lipinski definition) is 3. The number of nitrogens with zero attached hydrogens (tertiary/aromatic N) is 2. The maximum atomic E-state index is 14.5. The van der Waals surface area contributed by atoms with Crippen molar-refractivity contribution in [1.29, 1.82) is 0 Å². The van der Waals surface area contributed by atoms with Crippen LogP contribution in [0.2, 0.25) is 0 Å². The molecule has 1 aromatic carbocycles. The van der Waals surface area contributed by atoms with Crippen LogP contribution in [0.5, 0.6) is 0 Å².